The van der Waals surface area contributed by atoms with Gasteiger partial charge in [0.1, 0.15) is 22.5 Å². The number of likely N-dealkylation sites (N-methyl/N-ethyl adjacent to an activating group) is 1. The third-order valence-electron chi connectivity index (χ3n) is 3.78. The zero-order chi connectivity index (χ0) is 19.6. The van der Waals surface area contributed by atoms with Gasteiger partial charge in [-0.05, 0) is 80.3 Å². The first-order valence-electron chi connectivity index (χ1n) is 8.00. The molecule has 140 valence electrons. The van der Waals surface area contributed by atoms with Gasteiger partial charge in [0.25, 0.3) is 5.91 Å². The van der Waals surface area contributed by atoms with E-state index in [9.17, 15) is 9.18 Å². The number of hydrogen-bond donors (Lipinski definition) is 0. The summed E-state index contributed by atoms with van der Waals surface area (Å²) < 4.78 is 21.1. The summed E-state index contributed by atoms with van der Waals surface area (Å²) >= 11 is 13.5. The monoisotopic (exact) mass is 529 g/mol. The van der Waals surface area contributed by atoms with Crippen LogP contribution >= 0.6 is 55.8 Å². The fraction of sp³-hybridized carbons (Fsp3) is 0.158. The number of rotatable bonds is 5. The molecule has 8 heteroatoms. The van der Waals surface area contributed by atoms with Crippen LogP contribution in [0.1, 0.15) is 18.1 Å². The highest BCUT2D eigenvalue weighted by atomic mass is 79.9. The van der Waals surface area contributed by atoms with Crippen molar-refractivity contribution >= 4 is 72.1 Å². The average molecular weight is 531 g/mol. The maximum Gasteiger partial charge on any atom is 0.266 e. The van der Waals surface area contributed by atoms with E-state index in [1.54, 1.807) is 23.1 Å². The number of thiocarbonyl (C=S) groups is 1. The topological polar surface area (TPSA) is 29.5 Å². The van der Waals surface area contributed by atoms with E-state index in [-0.39, 0.29) is 18.3 Å². The van der Waals surface area contributed by atoms with Gasteiger partial charge in [-0.2, -0.15) is 0 Å². The maximum atomic E-state index is 13.3. The number of amides is 1. The fourth-order valence-electron chi connectivity index (χ4n) is 2.51. The fourth-order valence-corrected chi connectivity index (χ4v) is 5.34. The second-order valence-corrected chi connectivity index (χ2v) is 9.04. The van der Waals surface area contributed by atoms with Gasteiger partial charge >= 0.3 is 0 Å². The van der Waals surface area contributed by atoms with Crippen LogP contribution in [0.15, 0.2) is 50.2 Å². The molecule has 0 radical (unpaired) electrons. The van der Waals surface area contributed by atoms with E-state index in [1.807, 2.05) is 19.1 Å². The van der Waals surface area contributed by atoms with Gasteiger partial charge < -0.3 is 4.74 Å². The third kappa shape index (κ3) is 4.80. The highest BCUT2D eigenvalue weighted by molar-refractivity contribution is 9.11. The van der Waals surface area contributed by atoms with Gasteiger partial charge in [0.15, 0.2) is 0 Å². The first-order valence-corrected chi connectivity index (χ1v) is 10.8. The Morgan fingerprint density at radius 1 is 1.26 bits per heavy atom. The molecule has 0 N–H and O–H groups in total. The molecule has 0 aromatic heterocycles. The van der Waals surface area contributed by atoms with Gasteiger partial charge in [0.05, 0.1) is 13.9 Å². The second-order valence-electron chi connectivity index (χ2n) is 5.66. The summed E-state index contributed by atoms with van der Waals surface area (Å²) in [6.07, 6.45) is 1.81. The zero-order valence-corrected chi connectivity index (χ0v) is 19.0. The highest BCUT2D eigenvalue weighted by Gasteiger charge is 2.30. The Morgan fingerprint density at radius 3 is 2.56 bits per heavy atom. The Labute approximate surface area is 183 Å². The lowest BCUT2D eigenvalue weighted by Crippen LogP contribution is -2.27. The van der Waals surface area contributed by atoms with Crippen molar-refractivity contribution < 1.29 is 13.9 Å². The number of thioether (sulfide) groups is 1. The molecule has 1 saturated heterocycles. The predicted molar refractivity (Wildman–Crippen MR) is 118 cm³/mol. The molecule has 2 aromatic rings. The Kier molecular flexibility index (Phi) is 6.73. The molecule has 0 saturated carbocycles. The van der Waals surface area contributed by atoms with E-state index in [2.05, 4.69) is 31.9 Å². The van der Waals surface area contributed by atoms with Crippen LogP contribution < -0.4 is 4.74 Å². The average Bonchev–Trinajstić information content (AvgIpc) is 2.87. The molecule has 1 amide bonds. The van der Waals surface area contributed by atoms with Gasteiger partial charge in [0, 0.05) is 6.54 Å². The van der Waals surface area contributed by atoms with Gasteiger partial charge in [-0.15, -0.1) is 0 Å². The van der Waals surface area contributed by atoms with Crippen LogP contribution in [0, 0.1) is 5.82 Å². The maximum absolute atomic E-state index is 13.3. The van der Waals surface area contributed by atoms with Crippen molar-refractivity contribution in [2.45, 2.75) is 13.5 Å². The summed E-state index contributed by atoms with van der Waals surface area (Å²) in [7, 11) is 0. The van der Waals surface area contributed by atoms with Gasteiger partial charge in [-0.25, -0.2) is 4.39 Å². The van der Waals surface area contributed by atoms with Crippen LogP contribution in [0.4, 0.5) is 4.39 Å². The number of nitrogens with zero attached hydrogens (tertiary/aromatic N) is 1. The summed E-state index contributed by atoms with van der Waals surface area (Å²) in [5.41, 5.74) is 1.57. The van der Waals surface area contributed by atoms with Crippen LogP contribution in [0.2, 0.25) is 0 Å². The van der Waals surface area contributed by atoms with Crippen LogP contribution in [0.3, 0.4) is 0 Å². The van der Waals surface area contributed by atoms with Gasteiger partial charge in [-0.3, -0.25) is 9.69 Å². The minimum absolute atomic E-state index is 0.0776. The molecule has 0 unspecified atom stereocenters. The Morgan fingerprint density at radius 2 is 1.96 bits per heavy atom. The molecule has 1 aliphatic rings. The molecular weight excluding hydrogens is 517 g/mol. The molecule has 0 aliphatic carbocycles. The van der Waals surface area contributed by atoms with Crippen molar-refractivity contribution in [1.82, 2.24) is 4.90 Å². The molecular formula is C19H14Br2FNO2S2. The molecule has 2 aromatic carbocycles. The number of benzene rings is 2. The lowest BCUT2D eigenvalue weighted by atomic mass is 10.2. The quantitative estimate of drug-likeness (QED) is 0.342. The molecule has 0 atom stereocenters. The number of hydrogen-bond acceptors (Lipinski definition) is 4. The molecule has 0 bridgehead atoms. The van der Waals surface area contributed by atoms with Crippen molar-refractivity contribution in [3.63, 3.8) is 0 Å². The smallest absolute Gasteiger partial charge is 0.266 e. The largest absolute Gasteiger partial charge is 0.487 e. The van der Waals surface area contributed by atoms with E-state index >= 15 is 0 Å². The van der Waals surface area contributed by atoms with E-state index in [0.717, 1.165) is 20.1 Å². The standard InChI is InChI=1S/C19H14Br2FNO2S2/c1-2-23-18(24)16(27-19(23)26)9-12-7-14(20)17(15(21)8-12)25-10-11-4-3-5-13(22)6-11/h3-9H,2,10H2,1H3/b16-9-. The van der Waals surface area contributed by atoms with Crippen molar-refractivity contribution in [3.8, 4) is 5.75 Å². The Hall–Kier alpha value is -1.22. The van der Waals surface area contributed by atoms with Crippen molar-refractivity contribution in [1.29, 1.82) is 0 Å². The summed E-state index contributed by atoms with van der Waals surface area (Å²) in [5, 5.41) is 0. The normalized spacial score (nSPS) is 15.7. The molecule has 3 rings (SSSR count). The van der Waals surface area contributed by atoms with Crippen LogP contribution in [-0.4, -0.2) is 21.7 Å². The summed E-state index contributed by atoms with van der Waals surface area (Å²) in [6.45, 7) is 2.69. The van der Waals surface area contributed by atoms with Crippen LogP contribution in [0.25, 0.3) is 6.08 Å². The lowest BCUT2D eigenvalue weighted by Gasteiger charge is -2.12. The molecule has 3 nitrogen and oxygen atoms in total. The summed E-state index contributed by atoms with van der Waals surface area (Å²) in [4.78, 5) is 14.5. The number of halogens is 3. The molecule has 1 heterocycles. The second kappa shape index (κ2) is 8.86. The molecule has 27 heavy (non-hydrogen) atoms. The minimum Gasteiger partial charge on any atom is -0.487 e. The predicted octanol–water partition coefficient (Wildman–Crippen LogP) is 6.15. The number of carbonyl (C=O) groups excluding carboxylic acids is 1. The first kappa shape index (κ1) is 20.5. The SMILES string of the molecule is CCN1C(=O)/C(=C/c2cc(Br)c(OCc3cccc(F)c3)c(Br)c2)SC1=S. The Bertz CT molecular complexity index is 926. The lowest BCUT2D eigenvalue weighted by molar-refractivity contribution is -0.121. The van der Waals surface area contributed by atoms with Crippen LogP contribution in [-0.2, 0) is 11.4 Å². The number of ether oxygens (including phenoxy) is 1. The third-order valence-corrected chi connectivity index (χ3v) is 6.34. The van der Waals surface area contributed by atoms with E-state index < -0.39 is 0 Å². The first-order chi connectivity index (χ1) is 12.9. The highest BCUT2D eigenvalue weighted by Crippen LogP contribution is 2.38. The Balaban J connectivity index is 1.80. The minimum atomic E-state index is -0.297. The van der Waals surface area contributed by atoms with E-state index in [0.29, 0.717) is 21.5 Å². The molecule has 0 spiro atoms. The van der Waals surface area contributed by atoms with Crippen molar-refractivity contribution in [2.75, 3.05) is 6.54 Å². The van der Waals surface area contributed by atoms with Gasteiger partial charge in [0.2, 0.25) is 0 Å². The zero-order valence-electron chi connectivity index (χ0n) is 14.2. The van der Waals surface area contributed by atoms with Crippen molar-refractivity contribution in [3.05, 3.63) is 67.2 Å². The van der Waals surface area contributed by atoms with E-state index in [4.69, 9.17) is 17.0 Å². The summed E-state index contributed by atoms with van der Waals surface area (Å²) in [5.74, 6) is 0.234. The van der Waals surface area contributed by atoms with E-state index in [1.165, 1.54) is 23.9 Å². The molecule has 1 fully saturated rings. The molecule has 1 aliphatic heterocycles. The van der Waals surface area contributed by atoms with Crippen molar-refractivity contribution in [2.24, 2.45) is 0 Å². The summed E-state index contributed by atoms with van der Waals surface area (Å²) in [6, 6.07) is 10.0. The number of carbonyl (C=O) groups is 1. The van der Waals surface area contributed by atoms with Gasteiger partial charge in [-0.1, -0.05) is 36.1 Å². The van der Waals surface area contributed by atoms with Crippen LogP contribution in [0.5, 0.6) is 5.75 Å².